The Kier molecular flexibility index (Phi) is 43.9. The first-order valence-electron chi connectivity index (χ1n) is 22.0. The summed E-state index contributed by atoms with van der Waals surface area (Å²) in [5.74, 6) is 0. The highest BCUT2D eigenvalue weighted by molar-refractivity contribution is 4.53. The van der Waals surface area contributed by atoms with Gasteiger partial charge in [-0.2, -0.15) is 0 Å². The van der Waals surface area contributed by atoms with Crippen LogP contribution in [0.2, 0.25) is 0 Å². The summed E-state index contributed by atoms with van der Waals surface area (Å²) < 4.78 is 5.90. The van der Waals surface area contributed by atoms with Gasteiger partial charge in [-0.15, -0.1) is 0 Å². The lowest BCUT2D eigenvalue weighted by molar-refractivity contribution is 0.125. The zero-order chi connectivity index (χ0) is 32.4. The summed E-state index contributed by atoms with van der Waals surface area (Å²) in [5, 5.41) is 0. The van der Waals surface area contributed by atoms with Crippen molar-refractivity contribution in [3.63, 3.8) is 0 Å². The van der Waals surface area contributed by atoms with Gasteiger partial charge in [-0.05, 0) is 12.8 Å². The SMILES string of the molecule is CCCCCCCCCCCCCCCCCCCCCCCCCCCCOCCCCCCCCCCCCCCCC. The second-order valence-electron chi connectivity index (χ2n) is 15.0. The van der Waals surface area contributed by atoms with Gasteiger partial charge >= 0.3 is 0 Å². The number of hydrogen-bond donors (Lipinski definition) is 0. The van der Waals surface area contributed by atoms with Crippen LogP contribution in [-0.4, -0.2) is 13.2 Å². The van der Waals surface area contributed by atoms with E-state index < -0.39 is 0 Å². The molecule has 0 aromatic rings. The van der Waals surface area contributed by atoms with E-state index in [1.807, 2.05) is 0 Å². The maximum absolute atomic E-state index is 5.90. The van der Waals surface area contributed by atoms with Gasteiger partial charge in [0.05, 0.1) is 0 Å². The fourth-order valence-electron chi connectivity index (χ4n) is 7.02. The van der Waals surface area contributed by atoms with Crippen LogP contribution in [0.25, 0.3) is 0 Å². The van der Waals surface area contributed by atoms with Crippen LogP contribution in [0.1, 0.15) is 271 Å². The molecule has 0 aliphatic heterocycles. The summed E-state index contributed by atoms with van der Waals surface area (Å²) in [6, 6.07) is 0. The van der Waals surface area contributed by atoms with E-state index in [4.69, 9.17) is 4.74 Å². The van der Waals surface area contributed by atoms with Crippen molar-refractivity contribution >= 4 is 0 Å². The van der Waals surface area contributed by atoms with Crippen molar-refractivity contribution in [1.29, 1.82) is 0 Å². The molecule has 0 heterocycles. The van der Waals surface area contributed by atoms with Crippen molar-refractivity contribution in [2.45, 2.75) is 271 Å². The summed E-state index contributed by atoms with van der Waals surface area (Å²) in [4.78, 5) is 0. The fourth-order valence-corrected chi connectivity index (χ4v) is 7.02. The van der Waals surface area contributed by atoms with E-state index in [1.165, 1.54) is 257 Å². The van der Waals surface area contributed by atoms with Crippen LogP contribution in [0, 0.1) is 0 Å². The minimum absolute atomic E-state index is 0.997. The van der Waals surface area contributed by atoms with Crippen LogP contribution in [-0.2, 0) is 4.74 Å². The molecule has 272 valence electrons. The Morgan fingerprint density at radius 3 is 0.467 bits per heavy atom. The molecule has 0 atom stereocenters. The first-order chi connectivity index (χ1) is 22.4. The van der Waals surface area contributed by atoms with Gasteiger partial charge in [-0.1, -0.05) is 258 Å². The smallest absolute Gasteiger partial charge is 0.0466 e. The van der Waals surface area contributed by atoms with Crippen LogP contribution in [0.4, 0.5) is 0 Å². The molecule has 0 radical (unpaired) electrons. The van der Waals surface area contributed by atoms with E-state index in [-0.39, 0.29) is 0 Å². The molecule has 0 aliphatic rings. The Morgan fingerprint density at radius 2 is 0.311 bits per heavy atom. The summed E-state index contributed by atoms with van der Waals surface area (Å²) in [6.07, 6.45) is 58.0. The lowest BCUT2D eigenvalue weighted by Gasteiger charge is -2.06. The molecule has 45 heavy (non-hydrogen) atoms. The van der Waals surface area contributed by atoms with Crippen LogP contribution >= 0.6 is 0 Å². The van der Waals surface area contributed by atoms with Gasteiger partial charge in [0.25, 0.3) is 0 Å². The second kappa shape index (κ2) is 44.0. The third-order valence-corrected chi connectivity index (χ3v) is 10.3. The monoisotopic (exact) mass is 635 g/mol. The Labute approximate surface area is 288 Å². The molecule has 1 heteroatoms. The molecule has 0 saturated carbocycles. The molecule has 0 saturated heterocycles. The summed E-state index contributed by atoms with van der Waals surface area (Å²) in [7, 11) is 0. The molecule has 0 bridgehead atoms. The molecule has 0 aliphatic carbocycles. The highest BCUT2D eigenvalue weighted by Crippen LogP contribution is 2.17. The predicted molar refractivity (Wildman–Crippen MR) is 207 cm³/mol. The molecule has 0 unspecified atom stereocenters. The largest absolute Gasteiger partial charge is 0.381 e. The second-order valence-corrected chi connectivity index (χ2v) is 15.0. The van der Waals surface area contributed by atoms with Crippen molar-refractivity contribution < 1.29 is 4.74 Å². The summed E-state index contributed by atoms with van der Waals surface area (Å²) in [6.45, 7) is 6.61. The number of rotatable bonds is 42. The Balaban J connectivity index is 3.03. The number of ether oxygens (including phenoxy) is 1. The summed E-state index contributed by atoms with van der Waals surface area (Å²) >= 11 is 0. The lowest BCUT2D eigenvalue weighted by atomic mass is 10.0. The van der Waals surface area contributed by atoms with Crippen molar-refractivity contribution in [2.24, 2.45) is 0 Å². The first kappa shape index (κ1) is 45.0. The maximum atomic E-state index is 5.90. The Hall–Kier alpha value is -0.0400. The van der Waals surface area contributed by atoms with Gasteiger partial charge in [0, 0.05) is 13.2 Å². The van der Waals surface area contributed by atoms with E-state index in [1.54, 1.807) is 0 Å². The zero-order valence-corrected chi connectivity index (χ0v) is 32.1. The molecule has 0 aromatic heterocycles. The molecule has 0 N–H and O–H groups in total. The van der Waals surface area contributed by atoms with Gasteiger partial charge in [0.15, 0.2) is 0 Å². The van der Waals surface area contributed by atoms with Gasteiger partial charge in [0.2, 0.25) is 0 Å². The standard InChI is InChI=1S/C44H90O/c1-3-5-7-9-11-13-15-17-19-20-21-22-23-24-25-26-27-28-29-30-32-34-36-38-40-42-44-45-43-41-39-37-35-33-31-18-16-14-12-10-8-6-4-2/h3-44H2,1-2H3. The third-order valence-electron chi connectivity index (χ3n) is 10.3. The topological polar surface area (TPSA) is 9.23 Å². The van der Waals surface area contributed by atoms with Crippen LogP contribution in [0.3, 0.4) is 0 Å². The highest BCUT2D eigenvalue weighted by Gasteiger charge is 1.98. The average Bonchev–Trinajstić information content (AvgIpc) is 3.05. The maximum Gasteiger partial charge on any atom is 0.0466 e. The van der Waals surface area contributed by atoms with E-state index in [9.17, 15) is 0 Å². The quantitative estimate of drug-likeness (QED) is 0.0607. The molecule has 0 aromatic carbocycles. The van der Waals surface area contributed by atoms with E-state index >= 15 is 0 Å². The van der Waals surface area contributed by atoms with E-state index in [2.05, 4.69) is 13.8 Å². The van der Waals surface area contributed by atoms with Crippen molar-refractivity contribution in [1.82, 2.24) is 0 Å². The predicted octanol–water partition coefficient (Wildman–Crippen LogP) is 16.6. The van der Waals surface area contributed by atoms with E-state index in [0.717, 1.165) is 13.2 Å². The average molecular weight is 635 g/mol. The minimum atomic E-state index is 0.997. The normalized spacial score (nSPS) is 11.6. The molecule has 1 nitrogen and oxygen atoms in total. The first-order valence-corrected chi connectivity index (χ1v) is 22.0. The Bertz CT molecular complexity index is 432. The molecule has 0 rings (SSSR count). The van der Waals surface area contributed by atoms with Crippen molar-refractivity contribution in [2.75, 3.05) is 13.2 Å². The minimum Gasteiger partial charge on any atom is -0.381 e. The summed E-state index contributed by atoms with van der Waals surface area (Å²) in [5.41, 5.74) is 0. The van der Waals surface area contributed by atoms with Crippen LogP contribution in [0.15, 0.2) is 0 Å². The van der Waals surface area contributed by atoms with Crippen molar-refractivity contribution in [3.05, 3.63) is 0 Å². The fraction of sp³-hybridized carbons (Fsp3) is 1.00. The van der Waals surface area contributed by atoms with E-state index in [0.29, 0.717) is 0 Å². The zero-order valence-electron chi connectivity index (χ0n) is 32.1. The molecule has 0 amide bonds. The molecular formula is C44H90O. The van der Waals surface area contributed by atoms with Crippen molar-refractivity contribution in [3.8, 4) is 0 Å². The van der Waals surface area contributed by atoms with Gasteiger partial charge in [-0.3, -0.25) is 0 Å². The van der Waals surface area contributed by atoms with Gasteiger partial charge in [-0.25, -0.2) is 0 Å². The molecule has 0 fully saturated rings. The third kappa shape index (κ3) is 44.0. The highest BCUT2D eigenvalue weighted by atomic mass is 16.5. The Morgan fingerprint density at radius 1 is 0.178 bits per heavy atom. The van der Waals surface area contributed by atoms with Crippen LogP contribution in [0.5, 0.6) is 0 Å². The van der Waals surface area contributed by atoms with Crippen LogP contribution < -0.4 is 0 Å². The number of unbranched alkanes of at least 4 members (excludes halogenated alkanes) is 38. The number of hydrogen-bond acceptors (Lipinski definition) is 1. The molecular weight excluding hydrogens is 544 g/mol. The van der Waals surface area contributed by atoms with Gasteiger partial charge in [0.1, 0.15) is 0 Å². The lowest BCUT2D eigenvalue weighted by Crippen LogP contribution is -1.97. The van der Waals surface area contributed by atoms with Gasteiger partial charge < -0.3 is 4.74 Å². The molecule has 0 spiro atoms.